The molecule has 0 amide bonds. The third kappa shape index (κ3) is 3.25. The fourth-order valence-electron chi connectivity index (χ4n) is 2.15. The van der Waals surface area contributed by atoms with Crippen LogP contribution < -0.4 is 10.2 Å². The average molecular weight is 287 g/mol. The van der Waals surface area contributed by atoms with Crippen molar-refractivity contribution < 1.29 is 4.21 Å². The highest BCUT2D eigenvalue weighted by atomic mass is 35.5. The highest BCUT2D eigenvalue weighted by molar-refractivity contribution is 7.85. The Morgan fingerprint density at radius 1 is 1.39 bits per heavy atom. The molecule has 1 aliphatic heterocycles. The summed E-state index contributed by atoms with van der Waals surface area (Å²) in [6.07, 6.45) is 0. The van der Waals surface area contributed by atoms with Crippen LogP contribution in [0.4, 0.5) is 5.69 Å². The first kappa shape index (κ1) is 13.8. The molecule has 1 N–H and O–H groups in total. The van der Waals surface area contributed by atoms with E-state index in [2.05, 4.69) is 23.2 Å². The third-order valence-electron chi connectivity index (χ3n) is 3.16. The van der Waals surface area contributed by atoms with Gasteiger partial charge in [0, 0.05) is 58.2 Å². The maximum Gasteiger partial charge on any atom is 0.0471 e. The molecule has 0 radical (unpaired) electrons. The van der Waals surface area contributed by atoms with E-state index in [1.54, 1.807) is 0 Å². The van der Waals surface area contributed by atoms with E-state index in [0.717, 1.165) is 48.3 Å². The molecule has 2 rings (SSSR count). The van der Waals surface area contributed by atoms with E-state index >= 15 is 0 Å². The number of hydrogen-bond donors (Lipinski definition) is 1. The molecule has 18 heavy (non-hydrogen) atoms. The number of nitrogens with one attached hydrogen (secondary N) is 1. The summed E-state index contributed by atoms with van der Waals surface area (Å²) in [6.45, 7) is 5.50. The van der Waals surface area contributed by atoms with Crippen molar-refractivity contribution in [1.29, 1.82) is 0 Å². The lowest BCUT2D eigenvalue weighted by Gasteiger charge is -2.30. The maximum absolute atomic E-state index is 11.4. The molecule has 1 aromatic carbocycles. The van der Waals surface area contributed by atoms with Crippen molar-refractivity contribution in [3.8, 4) is 0 Å². The van der Waals surface area contributed by atoms with Gasteiger partial charge >= 0.3 is 0 Å². The first-order valence-electron chi connectivity index (χ1n) is 6.30. The Labute approximate surface area is 116 Å². The lowest BCUT2D eigenvalue weighted by Crippen LogP contribution is -2.38. The molecule has 1 saturated heterocycles. The van der Waals surface area contributed by atoms with Crippen LogP contribution in [0.5, 0.6) is 0 Å². The van der Waals surface area contributed by atoms with Gasteiger partial charge in [-0.05, 0) is 18.7 Å². The summed E-state index contributed by atoms with van der Waals surface area (Å²) in [7, 11) is -0.642. The van der Waals surface area contributed by atoms with Crippen LogP contribution in [0.2, 0.25) is 5.02 Å². The van der Waals surface area contributed by atoms with Gasteiger partial charge < -0.3 is 10.2 Å². The summed E-state index contributed by atoms with van der Waals surface area (Å²) < 4.78 is 11.4. The highest BCUT2D eigenvalue weighted by Crippen LogP contribution is 2.28. The van der Waals surface area contributed by atoms with E-state index < -0.39 is 10.8 Å². The SMILES string of the molecule is CCNCc1c(Cl)cccc1N1CCS(=O)CC1. The number of benzene rings is 1. The van der Waals surface area contributed by atoms with Crippen LogP contribution in [0, 0.1) is 0 Å². The van der Waals surface area contributed by atoms with E-state index in [1.807, 2.05) is 12.1 Å². The van der Waals surface area contributed by atoms with Crippen molar-refractivity contribution in [3.63, 3.8) is 0 Å². The molecule has 3 nitrogen and oxygen atoms in total. The number of rotatable bonds is 4. The second-order valence-electron chi connectivity index (χ2n) is 4.35. The van der Waals surface area contributed by atoms with E-state index in [-0.39, 0.29) is 0 Å². The Hall–Kier alpha value is -0.580. The molecule has 1 aliphatic rings. The summed E-state index contributed by atoms with van der Waals surface area (Å²) in [5.74, 6) is 1.51. The predicted octanol–water partition coefficient (Wildman–Crippen LogP) is 2.02. The van der Waals surface area contributed by atoms with E-state index in [4.69, 9.17) is 11.6 Å². The van der Waals surface area contributed by atoms with Gasteiger partial charge in [-0.1, -0.05) is 24.6 Å². The Balaban J connectivity index is 2.20. The number of hydrogen-bond acceptors (Lipinski definition) is 3. The first-order valence-corrected chi connectivity index (χ1v) is 8.17. The molecule has 100 valence electrons. The maximum atomic E-state index is 11.4. The number of nitrogens with zero attached hydrogens (tertiary/aromatic N) is 1. The predicted molar refractivity (Wildman–Crippen MR) is 78.9 cm³/mol. The summed E-state index contributed by atoms with van der Waals surface area (Å²) in [5, 5.41) is 4.13. The van der Waals surface area contributed by atoms with E-state index in [9.17, 15) is 4.21 Å². The van der Waals surface area contributed by atoms with Crippen LogP contribution in [-0.4, -0.2) is 35.3 Å². The lowest BCUT2D eigenvalue weighted by atomic mass is 10.1. The average Bonchev–Trinajstić information content (AvgIpc) is 2.38. The van der Waals surface area contributed by atoms with Gasteiger partial charge in [0.1, 0.15) is 0 Å². The van der Waals surface area contributed by atoms with Gasteiger partial charge in [0.2, 0.25) is 0 Å². The summed E-state index contributed by atoms with van der Waals surface area (Å²) >= 11 is 6.29. The standard InChI is InChI=1S/C13H19ClN2OS/c1-2-15-10-11-12(14)4-3-5-13(11)16-6-8-18(17)9-7-16/h3-5,15H,2,6-10H2,1H3. The molecule has 0 bridgehead atoms. The van der Waals surface area contributed by atoms with E-state index in [1.165, 1.54) is 5.69 Å². The Morgan fingerprint density at radius 2 is 2.11 bits per heavy atom. The molecule has 0 spiro atoms. The smallest absolute Gasteiger partial charge is 0.0471 e. The van der Waals surface area contributed by atoms with Crippen molar-refractivity contribution in [2.45, 2.75) is 13.5 Å². The Kier molecular flexibility index (Phi) is 5.03. The molecule has 1 fully saturated rings. The monoisotopic (exact) mass is 286 g/mol. The van der Waals surface area contributed by atoms with Gasteiger partial charge in [-0.2, -0.15) is 0 Å². The minimum Gasteiger partial charge on any atom is -0.369 e. The second kappa shape index (κ2) is 6.55. The molecule has 0 atom stereocenters. The summed E-state index contributed by atoms with van der Waals surface area (Å²) in [6, 6.07) is 6.02. The first-order chi connectivity index (χ1) is 8.72. The van der Waals surface area contributed by atoms with Crippen LogP contribution in [0.1, 0.15) is 12.5 Å². The molecule has 5 heteroatoms. The molecule has 1 heterocycles. The van der Waals surface area contributed by atoms with Crippen LogP contribution >= 0.6 is 11.6 Å². The molecule has 0 saturated carbocycles. The molecule has 1 aromatic rings. The zero-order valence-corrected chi connectivity index (χ0v) is 12.2. The van der Waals surface area contributed by atoms with Crippen LogP contribution in [0.15, 0.2) is 18.2 Å². The summed E-state index contributed by atoms with van der Waals surface area (Å²) in [4.78, 5) is 2.29. The molecular weight excluding hydrogens is 268 g/mol. The zero-order valence-electron chi connectivity index (χ0n) is 10.6. The Morgan fingerprint density at radius 3 is 2.78 bits per heavy atom. The van der Waals surface area contributed by atoms with Gasteiger partial charge in [-0.25, -0.2) is 0 Å². The molecule has 0 aliphatic carbocycles. The van der Waals surface area contributed by atoms with Crippen molar-refractivity contribution in [3.05, 3.63) is 28.8 Å². The molecule has 0 aromatic heterocycles. The molecular formula is C13H19ClN2OS. The Bertz CT molecular complexity index is 429. The quantitative estimate of drug-likeness (QED) is 0.919. The van der Waals surface area contributed by atoms with Crippen molar-refractivity contribution in [2.24, 2.45) is 0 Å². The van der Waals surface area contributed by atoms with Gasteiger partial charge in [0.25, 0.3) is 0 Å². The van der Waals surface area contributed by atoms with Crippen molar-refractivity contribution in [2.75, 3.05) is 36.0 Å². The molecule has 0 unspecified atom stereocenters. The number of halogens is 1. The second-order valence-corrected chi connectivity index (χ2v) is 6.46. The zero-order chi connectivity index (χ0) is 13.0. The van der Waals surface area contributed by atoms with E-state index in [0.29, 0.717) is 0 Å². The van der Waals surface area contributed by atoms with Crippen molar-refractivity contribution in [1.82, 2.24) is 5.32 Å². The van der Waals surface area contributed by atoms with Gasteiger partial charge in [0.05, 0.1) is 0 Å². The normalized spacial score (nSPS) is 17.1. The van der Waals surface area contributed by atoms with Gasteiger partial charge in [0.15, 0.2) is 0 Å². The van der Waals surface area contributed by atoms with Crippen molar-refractivity contribution >= 4 is 28.1 Å². The third-order valence-corrected chi connectivity index (χ3v) is 4.79. The fraction of sp³-hybridized carbons (Fsp3) is 0.538. The summed E-state index contributed by atoms with van der Waals surface area (Å²) in [5.41, 5.74) is 2.33. The minimum absolute atomic E-state index is 0.642. The number of anilines is 1. The fourth-order valence-corrected chi connectivity index (χ4v) is 3.44. The van der Waals surface area contributed by atoms with Crippen LogP contribution in [0.25, 0.3) is 0 Å². The lowest BCUT2D eigenvalue weighted by molar-refractivity contribution is 0.672. The largest absolute Gasteiger partial charge is 0.369 e. The highest BCUT2D eigenvalue weighted by Gasteiger charge is 2.18. The van der Waals surface area contributed by atoms with Crippen LogP contribution in [0.3, 0.4) is 0 Å². The van der Waals surface area contributed by atoms with Gasteiger partial charge in [-0.3, -0.25) is 4.21 Å². The minimum atomic E-state index is -0.642. The van der Waals surface area contributed by atoms with Gasteiger partial charge in [-0.15, -0.1) is 0 Å². The topological polar surface area (TPSA) is 32.3 Å². The van der Waals surface area contributed by atoms with Crippen LogP contribution in [-0.2, 0) is 17.3 Å².